The second-order valence-corrected chi connectivity index (χ2v) is 7.55. The maximum Gasteiger partial charge on any atom is 0.321 e. The number of methoxy groups -OCH3 is 1. The lowest BCUT2D eigenvalue weighted by atomic mass is 10.2. The van der Waals surface area contributed by atoms with Gasteiger partial charge in [0.2, 0.25) is 10.0 Å². The van der Waals surface area contributed by atoms with Crippen LogP contribution in [-0.2, 0) is 24.3 Å². The molecule has 0 spiro atoms. The summed E-state index contributed by atoms with van der Waals surface area (Å²) in [6.07, 6.45) is -1.16. The maximum absolute atomic E-state index is 12.2. The zero-order valence-corrected chi connectivity index (χ0v) is 16.5. The minimum absolute atomic E-state index is 0.105. The number of nitrogens with zero attached hydrogens (tertiary/aromatic N) is 1. The third-order valence-corrected chi connectivity index (χ3v) is 5.16. The Morgan fingerprint density at radius 3 is 2.41 bits per heavy atom. The molecular weight excluding hydrogens is 398 g/mol. The van der Waals surface area contributed by atoms with Gasteiger partial charge < -0.3 is 14.8 Å². The van der Waals surface area contributed by atoms with E-state index in [1.807, 2.05) is 6.07 Å². The number of carbonyl (C=O) groups excluding carboxylic acids is 2. The number of sulfonamides is 1. The Morgan fingerprint density at radius 2 is 1.79 bits per heavy atom. The van der Waals surface area contributed by atoms with Crippen molar-refractivity contribution in [3.05, 3.63) is 54.1 Å². The minimum Gasteiger partial charge on any atom is -0.495 e. The second-order valence-electron chi connectivity index (χ2n) is 5.78. The molecule has 2 aromatic carbocycles. The molecule has 0 heterocycles. The Morgan fingerprint density at radius 1 is 1.14 bits per heavy atom. The van der Waals surface area contributed by atoms with Gasteiger partial charge in [0, 0.05) is 0 Å². The Kier molecular flexibility index (Phi) is 7.30. The summed E-state index contributed by atoms with van der Waals surface area (Å²) in [7, 11) is -2.52. The number of hydrogen-bond donors (Lipinski definition) is 2. The van der Waals surface area contributed by atoms with Gasteiger partial charge in [-0.1, -0.05) is 12.1 Å². The van der Waals surface area contributed by atoms with Gasteiger partial charge in [0.15, 0.2) is 6.10 Å². The van der Waals surface area contributed by atoms with Crippen molar-refractivity contribution in [3.8, 4) is 11.8 Å². The van der Waals surface area contributed by atoms with Gasteiger partial charge in [-0.25, -0.2) is 8.42 Å². The van der Waals surface area contributed by atoms with Crippen LogP contribution in [0.25, 0.3) is 0 Å². The Hall–Kier alpha value is -3.42. The number of ether oxygens (including phenoxy) is 2. The van der Waals surface area contributed by atoms with Crippen molar-refractivity contribution in [2.75, 3.05) is 19.0 Å². The molecule has 0 aromatic heterocycles. The van der Waals surface area contributed by atoms with E-state index in [0.29, 0.717) is 17.0 Å². The number of rotatable bonds is 8. The van der Waals surface area contributed by atoms with E-state index in [9.17, 15) is 18.0 Å². The van der Waals surface area contributed by atoms with E-state index in [2.05, 4.69) is 10.0 Å². The van der Waals surface area contributed by atoms with E-state index in [1.165, 1.54) is 38.3 Å². The first kappa shape index (κ1) is 21.9. The molecule has 2 rings (SSSR count). The average Bonchev–Trinajstić information content (AvgIpc) is 2.72. The van der Waals surface area contributed by atoms with Crippen LogP contribution >= 0.6 is 0 Å². The number of anilines is 1. The van der Waals surface area contributed by atoms with Gasteiger partial charge in [-0.2, -0.15) is 9.98 Å². The summed E-state index contributed by atoms with van der Waals surface area (Å²) in [5.41, 5.74) is 0.711. The number of nitriles is 1. The number of nitrogens with one attached hydrogen (secondary N) is 2. The molecule has 2 N–H and O–H groups in total. The predicted octanol–water partition coefficient (Wildman–Crippen LogP) is 1.42. The third-order valence-electron chi connectivity index (χ3n) is 3.74. The molecule has 0 unspecified atom stereocenters. The Labute approximate surface area is 168 Å². The second kappa shape index (κ2) is 9.68. The lowest BCUT2D eigenvalue weighted by molar-refractivity contribution is -0.151. The summed E-state index contributed by atoms with van der Waals surface area (Å²) < 4.78 is 36.5. The van der Waals surface area contributed by atoms with Gasteiger partial charge in [-0.3, -0.25) is 9.59 Å². The van der Waals surface area contributed by atoms with Crippen LogP contribution in [-0.4, -0.2) is 40.1 Å². The standard InChI is InChI=1S/C19H19N3O6S/c1-13(19(24)22-16-5-3-4-6-17(16)27-2)28-18(23)12-21-29(25,26)15-9-7-14(11-20)8-10-15/h3-10,13,21H,12H2,1-2H3,(H,22,24)/t13-/m1/s1. The summed E-state index contributed by atoms with van der Waals surface area (Å²) in [6, 6.07) is 13.8. The highest BCUT2D eigenvalue weighted by Gasteiger charge is 2.21. The van der Waals surface area contributed by atoms with Gasteiger partial charge in [0.1, 0.15) is 12.3 Å². The average molecular weight is 417 g/mol. The van der Waals surface area contributed by atoms with E-state index >= 15 is 0 Å². The van der Waals surface area contributed by atoms with Crippen LogP contribution in [0.5, 0.6) is 5.75 Å². The van der Waals surface area contributed by atoms with Crippen molar-refractivity contribution in [3.63, 3.8) is 0 Å². The largest absolute Gasteiger partial charge is 0.495 e. The van der Waals surface area contributed by atoms with Gasteiger partial charge in [0.25, 0.3) is 5.91 Å². The van der Waals surface area contributed by atoms with Gasteiger partial charge in [0.05, 0.1) is 29.3 Å². The zero-order chi connectivity index (χ0) is 21.4. The summed E-state index contributed by atoms with van der Waals surface area (Å²) in [6.45, 7) is 0.701. The van der Waals surface area contributed by atoms with E-state index in [-0.39, 0.29) is 4.90 Å². The maximum atomic E-state index is 12.2. The first-order chi connectivity index (χ1) is 13.8. The van der Waals surface area contributed by atoms with E-state index in [4.69, 9.17) is 14.7 Å². The molecule has 152 valence electrons. The van der Waals surface area contributed by atoms with Crippen LogP contribution < -0.4 is 14.8 Å². The molecule has 0 aliphatic heterocycles. The van der Waals surface area contributed by atoms with Crippen LogP contribution in [0.15, 0.2) is 53.4 Å². The molecular formula is C19H19N3O6S. The zero-order valence-electron chi connectivity index (χ0n) is 15.7. The molecule has 29 heavy (non-hydrogen) atoms. The fraction of sp³-hybridized carbons (Fsp3) is 0.211. The van der Waals surface area contributed by atoms with Crippen molar-refractivity contribution in [1.82, 2.24) is 4.72 Å². The van der Waals surface area contributed by atoms with Gasteiger partial charge >= 0.3 is 5.97 Å². The molecule has 1 amide bonds. The van der Waals surface area contributed by atoms with Gasteiger partial charge in [-0.05, 0) is 43.3 Å². The van der Waals surface area contributed by atoms with Crippen molar-refractivity contribution in [1.29, 1.82) is 5.26 Å². The molecule has 0 fully saturated rings. The number of amides is 1. The number of para-hydroxylation sites is 2. The van der Waals surface area contributed by atoms with Crippen LogP contribution in [0.1, 0.15) is 12.5 Å². The van der Waals surface area contributed by atoms with Gasteiger partial charge in [-0.15, -0.1) is 0 Å². The molecule has 0 bridgehead atoms. The number of esters is 1. The summed E-state index contributed by atoms with van der Waals surface area (Å²) in [5, 5.41) is 11.3. The number of carbonyl (C=O) groups is 2. The predicted molar refractivity (Wildman–Crippen MR) is 104 cm³/mol. The first-order valence-corrected chi connectivity index (χ1v) is 9.88. The topological polar surface area (TPSA) is 135 Å². The molecule has 0 saturated heterocycles. The smallest absolute Gasteiger partial charge is 0.321 e. The molecule has 10 heteroatoms. The van der Waals surface area contributed by atoms with Crippen molar-refractivity contribution in [2.45, 2.75) is 17.9 Å². The lowest BCUT2D eigenvalue weighted by Gasteiger charge is -2.15. The molecule has 0 saturated carbocycles. The van der Waals surface area contributed by atoms with Crippen LogP contribution in [0, 0.1) is 11.3 Å². The van der Waals surface area contributed by atoms with Crippen molar-refractivity contribution < 1.29 is 27.5 Å². The molecule has 0 radical (unpaired) electrons. The lowest BCUT2D eigenvalue weighted by Crippen LogP contribution is -2.35. The molecule has 0 aliphatic carbocycles. The third kappa shape index (κ3) is 6.03. The number of benzene rings is 2. The van der Waals surface area contributed by atoms with Crippen LogP contribution in [0.2, 0.25) is 0 Å². The van der Waals surface area contributed by atoms with Crippen LogP contribution in [0.4, 0.5) is 5.69 Å². The summed E-state index contributed by atoms with van der Waals surface area (Å²) in [4.78, 5) is 24.0. The summed E-state index contributed by atoms with van der Waals surface area (Å²) in [5.74, 6) is -1.09. The fourth-order valence-electron chi connectivity index (χ4n) is 2.22. The summed E-state index contributed by atoms with van der Waals surface area (Å²) >= 11 is 0. The SMILES string of the molecule is COc1ccccc1NC(=O)[C@@H](C)OC(=O)CNS(=O)(=O)c1ccc(C#N)cc1. The highest BCUT2D eigenvalue weighted by molar-refractivity contribution is 7.89. The van der Waals surface area contributed by atoms with E-state index < -0.39 is 34.5 Å². The molecule has 9 nitrogen and oxygen atoms in total. The first-order valence-electron chi connectivity index (χ1n) is 8.40. The van der Waals surface area contributed by atoms with E-state index in [0.717, 1.165) is 0 Å². The highest BCUT2D eigenvalue weighted by Crippen LogP contribution is 2.23. The Bertz CT molecular complexity index is 1030. The van der Waals surface area contributed by atoms with Crippen LogP contribution in [0.3, 0.4) is 0 Å². The minimum atomic E-state index is -3.97. The quantitative estimate of drug-likeness (QED) is 0.620. The number of hydrogen-bond acceptors (Lipinski definition) is 7. The fourth-order valence-corrected chi connectivity index (χ4v) is 3.19. The van der Waals surface area contributed by atoms with Crippen molar-refractivity contribution in [2.24, 2.45) is 0 Å². The molecule has 2 aromatic rings. The van der Waals surface area contributed by atoms with E-state index in [1.54, 1.807) is 24.3 Å². The molecule has 0 aliphatic rings. The monoisotopic (exact) mass is 417 g/mol. The normalized spacial score (nSPS) is 11.8. The van der Waals surface area contributed by atoms with Crippen molar-refractivity contribution >= 4 is 27.6 Å². The Balaban J connectivity index is 1.90. The molecule has 1 atom stereocenters. The highest BCUT2D eigenvalue weighted by atomic mass is 32.2.